The minimum atomic E-state index is -4.06. The van der Waals surface area contributed by atoms with Gasteiger partial charge in [0.05, 0.1) is 29.5 Å². The molecule has 33 heavy (non-hydrogen) atoms. The fraction of sp³-hybridized carbons (Fsp3) is 0.0455. The molecule has 9 nitrogen and oxygen atoms in total. The van der Waals surface area contributed by atoms with Gasteiger partial charge in [0, 0.05) is 28.7 Å². The van der Waals surface area contributed by atoms with E-state index < -0.39 is 27.3 Å². The molecular formula is C22H17FN4O5S. The highest BCUT2D eigenvalue weighted by Crippen LogP contribution is 2.23. The van der Waals surface area contributed by atoms with E-state index in [2.05, 4.69) is 20.0 Å². The van der Waals surface area contributed by atoms with Gasteiger partial charge < -0.3 is 15.0 Å². The number of amides is 1. The van der Waals surface area contributed by atoms with Gasteiger partial charge in [-0.25, -0.2) is 17.8 Å². The van der Waals surface area contributed by atoms with E-state index in [1.807, 2.05) is 0 Å². The number of hydrogen-bond acceptors (Lipinski definition) is 6. The smallest absolute Gasteiger partial charge is 0.261 e. The summed E-state index contributed by atoms with van der Waals surface area (Å²) >= 11 is 0. The minimum absolute atomic E-state index is 0.0246. The second-order valence-electron chi connectivity index (χ2n) is 6.91. The second-order valence-corrected chi connectivity index (χ2v) is 8.59. The number of H-pyrrole nitrogens is 1. The van der Waals surface area contributed by atoms with Gasteiger partial charge in [0.2, 0.25) is 11.4 Å². The predicted octanol–water partition coefficient (Wildman–Crippen LogP) is 3.12. The Bertz CT molecular complexity index is 1500. The minimum Gasteiger partial charge on any atom is -0.481 e. The van der Waals surface area contributed by atoms with Gasteiger partial charge in [0.15, 0.2) is 0 Å². The number of carbonyl (C=O) groups excluding carboxylic acids is 1. The highest BCUT2D eigenvalue weighted by atomic mass is 32.2. The molecule has 0 bridgehead atoms. The number of aromatic nitrogens is 2. The lowest BCUT2D eigenvalue weighted by atomic mass is 10.1. The van der Waals surface area contributed by atoms with E-state index in [1.54, 1.807) is 12.1 Å². The fourth-order valence-corrected chi connectivity index (χ4v) is 4.18. The van der Waals surface area contributed by atoms with E-state index in [-0.39, 0.29) is 27.0 Å². The van der Waals surface area contributed by atoms with Gasteiger partial charge in [-0.15, -0.1) is 0 Å². The van der Waals surface area contributed by atoms with Crippen LogP contribution in [0.1, 0.15) is 10.4 Å². The Kier molecular flexibility index (Phi) is 5.80. The van der Waals surface area contributed by atoms with Crippen molar-refractivity contribution in [2.45, 2.75) is 4.90 Å². The summed E-state index contributed by atoms with van der Waals surface area (Å²) in [4.78, 5) is 31.4. The van der Waals surface area contributed by atoms with Crippen LogP contribution in [0, 0.1) is 5.82 Å². The first-order valence-corrected chi connectivity index (χ1v) is 11.0. The Labute approximate surface area is 187 Å². The molecular weight excluding hydrogens is 451 g/mol. The number of halogens is 1. The van der Waals surface area contributed by atoms with Crippen LogP contribution in [0.25, 0.3) is 10.9 Å². The fourth-order valence-electron chi connectivity index (χ4n) is 3.09. The number of rotatable bonds is 6. The summed E-state index contributed by atoms with van der Waals surface area (Å²) < 4.78 is 46.1. The zero-order valence-corrected chi connectivity index (χ0v) is 17.9. The molecule has 0 spiro atoms. The molecule has 1 amide bonds. The number of anilines is 2. The largest absolute Gasteiger partial charge is 0.481 e. The molecule has 0 saturated heterocycles. The molecule has 0 aliphatic carbocycles. The molecule has 0 radical (unpaired) electrons. The van der Waals surface area contributed by atoms with Crippen LogP contribution in [0.5, 0.6) is 5.88 Å². The number of sulfonamides is 1. The number of benzene rings is 2. The number of ether oxygens (including phenoxy) is 1. The topological polar surface area (TPSA) is 130 Å². The average molecular weight is 468 g/mol. The van der Waals surface area contributed by atoms with Crippen LogP contribution in [0.4, 0.5) is 15.8 Å². The molecule has 0 saturated carbocycles. The first-order chi connectivity index (χ1) is 15.7. The maximum atomic E-state index is 13.1. The number of nitrogens with one attached hydrogen (secondary N) is 3. The number of carbonyl (C=O) groups is 1. The SMILES string of the molecule is COc1ccc(NC(=O)c2cc(=O)[nH]c3ccc(S(=O)(=O)Nc4ccc(F)cc4)cc23)cn1. The van der Waals surface area contributed by atoms with Gasteiger partial charge in [-0.2, -0.15) is 0 Å². The van der Waals surface area contributed by atoms with Gasteiger partial charge in [-0.1, -0.05) is 0 Å². The van der Waals surface area contributed by atoms with Crippen molar-refractivity contribution < 1.29 is 22.3 Å². The van der Waals surface area contributed by atoms with E-state index in [9.17, 15) is 22.4 Å². The van der Waals surface area contributed by atoms with Crippen molar-refractivity contribution in [1.82, 2.24) is 9.97 Å². The molecule has 168 valence electrons. The van der Waals surface area contributed by atoms with Crippen molar-refractivity contribution in [1.29, 1.82) is 0 Å². The lowest BCUT2D eigenvalue weighted by Gasteiger charge is -2.11. The van der Waals surface area contributed by atoms with Crippen LogP contribution >= 0.6 is 0 Å². The Balaban J connectivity index is 1.71. The molecule has 4 aromatic rings. The van der Waals surface area contributed by atoms with E-state index in [4.69, 9.17) is 4.74 Å². The standard InChI is InChI=1S/C22H17FN4O5S/c1-32-21-9-6-15(12-24-21)25-22(29)18-11-20(28)26-19-8-7-16(10-17(18)19)33(30,31)27-14-4-2-13(23)3-5-14/h2-12,27H,1H3,(H,25,29)(H,26,28). The summed E-state index contributed by atoms with van der Waals surface area (Å²) in [7, 11) is -2.60. The van der Waals surface area contributed by atoms with Gasteiger partial charge in [0.1, 0.15) is 5.82 Å². The van der Waals surface area contributed by atoms with Crippen LogP contribution in [0.2, 0.25) is 0 Å². The van der Waals surface area contributed by atoms with Crippen molar-refractivity contribution in [3.05, 3.63) is 88.6 Å². The third kappa shape index (κ3) is 4.83. The Morgan fingerprint density at radius 1 is 1.03 bits per heavy atom. The van der Waals surface area contributed by atoms with Crippen LogP contribution in [0.3, 0.4) is 0 Å². The number of pyridine rings is 2. The Morgan fingerprint density at radius 2 is 1.76 bits per heavy atom. The van der Waals surface area contributed by atoms with E-state index in [0.717, 1.165) is 18.2 Å². The molecule has 3 N–H and O–H groups in total. The Hall–Kier alpha value is -4.25. The molecule has 2 heterocycles. The number of hydrogen-bond donors (Lipinski definition) is 3. The predicted molar refractivity (Wildman–Crippen MR) is 121 cm³/mol. The van der Waals surface area contributed by atoms with Crippen molar-refractivity contribution in [2.75, 3.05) is 17.1 Å². The van der Waals surface area contributed by atoms with Gasteiger partial charge in [-0.05, 0) is 48.5 Å². The summed E-state index contributed by atoms with van der Waals surface area (Å²) in [6, 6.07) is 13.0. The molecule has 11 heteroatoms. The monoisotopic (exact) mass is 468 g/mol. The zero-order chi connectivity index (χ0) is 23.6. The molecule has 0 atom stereocenters. The summed E-state index contributed by atoms with van der Waals surface area (Å²) in [5, 5.41) is 2.84. The van der Waals surface area contributed by atoms with Crippen LogP contribution in [0.15, 0.2) is 76.6 Å². The number of fused-ring (bicyclic) bond motifs is 1. The molecule has 0 fully saturated rings. The maximum absolute atomic E-state index is 13.1. The average Bonchev–Trinajstić information content (AvgIpc) is 2.80. The van der Waals surface area contributed by atoms with Crippen LogP contribution in [-0.2, 0) is 10.0 Å². The molecule has 0 unspecified atom stereocenters. The van der Waals surface area contributed by atoms with E-state index in [1.165, 1.54) is 43.6 Å². The van der Waals surface area contributed by atoms with Gasteiger partial charge in [0.25, 0.3) is 15.9 Å². The summed E-state index contributed by atoms with van der Waals surface area (Å²) in [6.07, 6.45) is 1.38. The quantitative estimate of drug-likeness (QED) is 0.399. The normalized spacial score (nSPS) is 11.2. The van der Waals surface area contributed by atoms with Crippen molar-refractivity contribution in [3.63, 3.8) is 0 Å². The highest BCUT2D eigenvalue weighted by Gasteiger charge is 2.19. The lowest BCUT2D eigenvalue weighted by molar-refractivity contribution is 0.102. The summed E-state index contributed by atoms with van der Waals surface area (Å²) in [5.74, 6) is -0.771. The molecule has 4 rings (SSSR count). The van der Waals surface area contributed by atoms with Crippen LogP contribution in [-0.4, -0.2) is 31.4 Å². The van der Waals surface area contributed by atoms with E-state index >= 15 is 0 Å². The zero-order valence-electron chi connectivity index (χ0n) is 17.1. The third-order valence-electron chi connectivity index (χ3n) is 4.67. The number of nitrogens with zero attached hydrogens (tertiary/aromatic N) is 1. The third-order valence-corrected chi connectivity index (χ3v) is 6.05. The Morgan fingerprint density at radius 3 is 2.42 bits per heavy atom. The van der Waals surface area contributed by atoms with E-state index in [0.29, 0.717) is 11.6 Å². The molecule has 2 aromatic carbocycles. The van der Waals surface area contributed by atoms with Gasteiger partial charge >= 0.3 is 0 Å². The first-order valence-electron chi connectivity index (χ1n) is 9.52. The second kappa shape index (κ2) is 8.71. The summed E-state index contributed by atoms with van der Waals surface area (Å²) in [5.41, 5.74) is 0.254. The van der Waals surface area contributed by atoms with Gasteiger partial charge in [-0.3, -0.25) is 14.3 Å². The summed E-state index contributed by atoms with van der Waals surface area (Å²) in [6.45, 7) is 0. The highest BCUT2D eigenvalue weighted by molar-refractivity contribution is 7.92. The van der Waals surface area contributed by atoms with Crippen LogP contribution < -0.4 is 20.3 Å². The maximum Gasteiger partial charge on any atom is 0.261 e. The molecule has 2 aromatic heterocycles. The lowest BCUT2D eigenvalue weighted by Crippen LogP contribution is -2.18. The number of aromatic amines is 1. The molecule has 0 aliphatic rings. The molecule has 0 aliphatic heterocycles. The number of methoxy groups -OCH3 is 1. The van der Waals surface area contributed by atoms with Crippen molar-refractivity contribution in [3.8, 4) is 5.88 Å². The van der Waals surface area contributed by atoms with Crippen molar-refractivity contribution >= 4 is 38.2 Å². The van der Waals surface area contributed by atoms with Crippen molar-refractivity contribution in [2.24, 2.45) is 0 Å². The first kappa shape index (κ1) is 22.0.